The van der Waals surface area contributed by atoms with Gasteiger partial charge in [0.1, 0.15) is 11.9 Å². The number of aryl methyl sites for hydroxylation is 1. The van der Waals surface area contributed by atoms with Crippen molar-refractivity contribution in [1.29, 1.82) is 0 Å². The van der Waals surface area contributed by atoms with Gasteiger partial charge < -0.3 is 10.1 Å². The maximum atomic E-state index is 11.6. The molecule has 1 atom stereocenters. The molecule has 0 amide bonds. The zero-order chi connectivity index (χ0) is 13.7. The summed E-state index contributed by atoms with van der Waals surface area (Å²) in [7, 11) is 1.44. The fourth-order valence-corrected chi connectivity index (χ4v) is 3.42. The molecule has 0 spiro atoms. The van der Waals surface area contributed by atoms with Crippen LogP contribution in [-0.4, -0.2) is 40.3 Å². The Bertz CT molecular complexity index is 421. The largest absolute Gasteiger partial charge is 0.468 e. The number of nitrogens with one attached hydrogen (secondary N) is 1. The Morgan fingerprint density at radius 1 is 1.63 bits per heavy atom. The number of carbonyl (C=O) groups is 1. The number of hydrogen-bond donors (Lipinski definition) is 1. The molecule has 1 aromatic heterocycles. The lowest BCUT2D eigenvalue weighted by molar-refractivity contribution is -0.143. The van der Waals surface area contributed by atoms with Gasteiger partial charge in [-0.05, 0) is 30.8 Å². The Morgan fingerprint density at radius 3 is 3.00 bits per heavy atom. The van der Waals surface area contributed by atoms with Crippen molar-refractivity contribution in [1.82, 2.24) is 14.7 Å². The Balaban J connectivity index is 1.75. The second-order valence-electron chi connectivity index (χ2n) is 4.48. The Hall–Kier alpha value is -0.660. The van der Waals surface area contributed by atoms with E-state index in [0.717, 1.165) is 41.6 Å². The lowest BCUT2D eigenvalue weighted by Crippen LogP contribution is -2.39. The van der Waals surface area contributed by atoms with E-state index in [4.69, 9.17) is 4.74 Å². The van der Waals surface area contributed by atoms with Crippen LogP contribution >= 0.6 is 23.3 Å². The summed E-state index contributed by atoms with van der Waals surface area (Å²) >= 11 is 3.09. The molecular weight excluding hydrogens is 282 g/mol. The van der Waals surface area contributed by atoms with Crippen molar-refractivity contribution in [3.63, 3.8) is 0 Å². The first-order chi connectivity index (χ1) is 9.22. The van der Waals surface area contributed by atoms with Gasteiger partial charge in [-0.25, -0.2) is 4.98 Å². The Labute approximate surface area is 121 Å². The SMILES string of the molecule is CCc1nsc(SCCC(NC2CC2)C(=O)OC)n1. The summed E-state index contributed by atoms with van der Waals surface area (Å²) in [5.41, 5.74) is 0. The molecule has 1 heterocycles. The highest BCUT2D eigenvalue weighted by molar-refractivity contribution is 8.00. The van der Waals surface area contributed by atoms with Crippen LogP contribution in [0.15, 0.2) is 4.34 Å². The molecule has 0 radical (unpaired) electrons. The van der Waals surface area contributed by atoms with Gasteiger partial charge in [0.15, 0.2) is 4.34 Å². The summed E-state index contributed by atoms with van der Waals surface area (Å²) in [6.07, 6.45) is 3.95. The van der Waals surface area contributed by atoms with E-state index >= 15 is 0 Å². The quantitative estimate of drug-likeness (QED) is 0.584. The third-order valence-corrected chi connectivity index (χ3v) is 4.80. The van der Waals surface area contributed by atoms with E-state index in [1.54, 1.807) is 11.8 Å². The second-order valence-corrected chi connectivity index (χ2v) is 6.58. The van der Waals surface area contributed by atoms with Gasteiger partial charge in [-0.1, -0.05) is 18.7 Å². The number of thioether (sulfide) groups is 1. The van der Waals surface area contributed by atoms with Crippen LogP contribution < -0.4 is 5.32 Å². The Kier molecular flexibility index (Phi) is 5.59. The van der Waals surface area contributed by atoms with Gasteiger partial charge in [0, 0.05) is 18.2 Å². The van der Waals surface area contributed by atoms with Gasteiger partial charge >= 0.3 is 5.97 Å². The number of methoxy groups -OCH3 is 1. The van der Waals surface area contributed by atoms with Crippen molar-refractivity contribution in [3.8, 4) is 0 Å². The average molecular weight is 301 g/mol. The standard InChI is InChI=1S/C12H19N3O2S2/c1-3-10-14-12(19-15-10)18-7-6-9(11(16)17-2)13-8-4-5-8/h8-9,13H,3-7H2,1-2H3. The van der Waals surface area contributed by atoms with E-state index in [-0.39, 0.29) is 12.0 Å². The van der Waals surface area contributed by atoms with Crippen LogP contribution in [-0.2, 0) is 16.0 Å². The molecule has 1 saturated carbocycles. The van der Waals surface area contributed by atoms with Crippen LogP contribution in [0.2, 0.25) is 0 Å². The third kappa shape index (κ3) is 4.74. The highest BCUT2D eigenvalue weighted by Gasteiger charge is 2.28. The van der Waals surface area contributed by atoms with Crippen LogP contribution in [0.1, 0.15) is 32.0 Å². The number of nitrogens with zero attached hydrogens (tertiary/aromatic N) is 2. The van der Waals surface area contributed by atoms with Gasteiger partial charge in [-0.2, -0.15) is 4.37 Å². The van der Waals surface area contributed by atoms with E-state index in [9.17, 15) is 4.79 Å². The van der Waals surface area contributed by atoms with Crippen LogP contribution in [0.3, 0.4) is 0 Å². The molecule has 1 aromatic rings. The van der Waals surface area contributed by atoms with Gasteiger partial charge in [-0.3, -0.25) is 4.79 Å². The van der Waals surface area contributed by atoms with Gasteiger partial charge in [0.25, 0.3) is 0 Å². The molecule has 1 fully saturated rings. The molecule has 0 bridgehead atoms. The first-order valence-electron chi connectivity index (χ1n) is 6.52. The number of ether oxygens (including phenoxy) is 1. The molecule has 1 unspecified atom stereocenters. The topological polar surface area (TPSA) is 64.1 Å². The van der Waals surface area contributed by atoms with Crippen molar-refractivity contribution in [3.05, 3.63) is 5.82 Å². The normalized spacial score (nSPS) is 16.3. The minimum absolute atomic E-state index is 0.168. The maximum Gasteiger partial charge on any atom is 0.322 e. The predicted octanol–water partition coefficient (Wildman–Crippen LogP) is 1.88. The lowest BCUT2D eigenvalue weighted by Gasteiger charge is -2.15. The molecule has 1 aliphatic carbocycles. The number of aromatic nitrogens is 2. The smallest absolute Gasteiger partial charge is 0.322 e. The molecule has 0 saturated heterocycles. The molecule has 5 nitrogen and oxygen atoms in total. The predicted molar refractivity (Wildman–Crippen MR) is 76.6 cm³/mol. The molecule has 106 valence electrons. The first kappa shape index (κ1) is 14.7. The molecule has 19 heavy (non-hydrogen) atoms. The number of esters is 1. The Morgan fingerprint density at radius 2 is 2.42 bits per heavy atom. The molecular formula is C12H19N3O2S2. The van der Waals surface area contributed by atoms with Crippen LogP contribution in [0.5, 0.6) is 0 Å². The fraction of sp³-hybridized carbons (Fsp3) is 0.750. The van der Waals surface area contributed by atoms with Crippen molar-refractivity contribution in [2.75, 3.05) is 12.9 Å². The fourth-order valence-electron chi connectivity index (χ4n) is 1.65. The zero-order valence-electron chi connectivity index (χ0n) is 11.2. The van der Waals surface area contributed by atoms with E-state index in [1.807, 2.05) is 6.92 Å². The molecule has 0 aliphatic heterocycles. The van der Waals surface area contributed by atoms with E-state index in [0.29, 0.717) is 6.04 Å². The average Bonchev–Trinajstić information content (AvgIpc) is 3.13. The van der Waals surface area contributed by atoms with Crippen LogP contribution in [0.25, 0.3) is 0 Å². The molecule has 1 aliphatic rings. The number of hydrogen-bond acceptors (Lipinski definition) is 7. The zero-order valence-corrected chi connectivity index (χ0v) is 12.9. The highest BCUT2D eigenvalue weighted by Crippen LogP contribution is 2.23. The number of carbonyl (C=O) groups excluding carboxylic acids is 1. The summed E-state index contributed by atoms with van der Waals surface area (Å²) < 4.78 is 10.1. The second kappa shape index (κ2) is 7.21. The van der Waals surface area contributed by atoms with Crippen LogP contribution in [0.4, 0.5) is 0 Å². The van der Waals surface area contributed by atoms with Gasteiger partial charge in [-0.15, -0.1) is 0 Å². The van der Waals surface area contributed by atoms with Crippen molar-refractivity contribution in [2.45, 2.75) is 49.0 Å². The summed E-state index contributed by atoms with van der Waals surface area (Å²) in [4.78, 5) is 16.0. The summed E-state index contributed by atoms with van der Waals surface area (Å²) in [6.45, 7) is 2.04. The number of rotatable bonds is 8. The van der Waals surface area contributed by atoms with Crippen LogP contribution in [0, 0.1) is 0 Å². The first-order valence-corrected chi connectivity index (χ1v) is 8.28. The van der Waals surface area contributed by atoms with Crippen molar-refractivity contribution in [2.24, 2.45) is 0 Å². The van der Waals surface area contributed by atoms with Gasteiger partial charge in [0.05, 0.1) is 7.11 Å². The maximum absolute atomic E-state index is 11.6. The third-order valence-electron chi connectivity index (χ3n) is 2.90. The van der Waals surface area contributed by atoms with E-state index in [2.05, 4.69) is 14.7 Å². The lowest BCUT2D eigenvalue weighted by atomic mass is 10.2. The summed E-state index contributed by atoms with van der Waals surface area (Å²) in [5, 5.41) is 3.32. The van der Waals surface area contributed by atoms with Crippen molar-refractivity contribution >= 4 is 29.3 Å². The highest BCUT2D eigenvalue weighted by atomic mass is 32.2. The van der Waals surface area contributed by atoms with E-state index in [1.165, 1.54) is 18.6 Å². The van der Waals surface area contributed by atoms with E-state index < -0.39 is 0 Å². The van der Waals surface area contributed by atoms with Gasteiger partial charge in [0.2, 0.25) is 0 Å². The minimum atomic E-state index is -0.191. The molecule has 1 N–H and O–H groups in total. The monoisotopic (exact) mass is 301 g/mol. The minimum Gasteiger partial charge on any atom is -0.468 e. The van der Waals surface area contributed by atoms with Crippen molar-refractivity contribution < 1.29 is 9.53 Å². The molecule has 7 heteroatoms. The molecule has 0 aromatic carbocycles. The summed E-state index contributed by atoms with van der Waals surface area (Å²) in [5.74, 6) is 1.57. The summed E-state index contributed by atoms with van der Waals surface area (Å²) in [6, 6.07) is 0.311. The molecule has 2 rings (SSSR count).